The molecule has 2 heterocycles. The van der Waals surface area contributed by atoms with Crippen LogP contribution in [0, 0.1) is 16.7 Å². The van der Waals surface area contributed by atoms with Crippen LogP contribution in [0.3, 0.4) is 0 Å². The first-order chi connectivity index (χ1) is 14.0. The molecule has 6 nitrogen and oxygen atoms in total. The number of hydrogen-bond acceptors (Lipinski definition) is 4. The van der Waals surface area contributed by atoms with E-state index in [1.807, 2.05) is 58.0 Å². The predicted octanol–water partition coefficient (Wildman–Crippen LogP) is 4.65. The zero-order chi connectivity index (χ0) is 22.1. The van der Waals surface area contributed by atoms with Crippen molar-refractivity contribution in [2.45, 2.75) is 52.2 Å². The maximum absolute atomic E-state index is 12.7. The van der Waals surface area contributed by atoms with Crippen molar-refractivity contribution in [3.05, 3.63) is 58.5 Å². The van der Waals surface area contributed by atoms with E-state index >= 15 is 0 Å². The second kappa shape index (κ2) is 7.98. The maximum atomic E-state index is 12.7. The monoisotopic (exact) mass is 407 g/mol. The molecule has 0 radical (unpaired) electrons. The molecule has 0 N–H and O–H groups in total. The third kappa shape index (κ3) is 4.56. The van der Waals surface area contributed by atoms with Crippen LogP contribution in [-0.4, -0.2) is 27.7 Å². The molecule has 0 saturated carbocycles. The van der Waals surface area contributed by atoms with Crippen LogP contribution in [0.1, 0.15) is 52.1 Å². The summed E-state index contributed by atoms with van der Waals surface area (Å²) >= 11 is 0. The largest absolute Gasteiger partial charge is 0.443 e. The summed E-state index contributed by atoms with van der Waals surface area (Å²) in [5, 5.41) is 9.31. The second-order valence-corrected chi connectivity index (χ2v) is 9.10. The Labute approximate surface area is 177 Å². The van der Waals surface area contributed by atoms with Gasteiger partial charge < -0.3 is 14.2 Å². The van der Waals surface area contributed by atoms with Crippen LogP contribution >= 0.6 is 0 Å². The molecule has 1 amide bonds. The molecule has 30 heavy (non-hydrogen) atoms. The highest BCUT2D eigenvalue weighted by Gasteiger charge is 2.42. The van der Waals surface area contributed by atoms with Gasteiger partial charge in [-0.15, -0.1) is 0 Å². The number of pyridine rings is 1. The fraction of sp³-hybridized carbons (Fsp3) is 0.458. The fourth-order valence-electron chi connectivity index (χ4n) is 4.08. The minimum atomic E-state index is -0.629. The van der Waals surface area contributed by atoms with Crippen molar-refractivity contribution in [2.75, 3.05) is 6.54 Å². The highest BCUT2D eigenvalue weighted by molar-refractivity contribution is 5.70. The summed E-state index contributed by atoms with van der Waals surface area (Å²) in [5.41, 5.74) is 1.60. The van der Waals surface area contributed by atoms with Gasteiger partial charge in [0.05, 0.1) is 17.5 Å². The Kier molecular flexibility index (Phi) is 5.76. The molecule has 2 atom stereocenters. The van der Waals surface area contributed by atoms with Gasteiger partial charge in [0.2, 0.25) is 0 Å². The maximum Gasteiger partial charge on any atom is 0.410 e. The minimum Gasteiger partial charge on any atom is -0.443 e. The Morgan fingerprint density at radius 3 is 2.43 bits per heavy atom. The molecule has 0 aliphatic carbocycles. The van der Waals surface area contributed by atoms with Gasteiger partial charge in [-0.05, 0) is 50.5 Å². The number of aromatic nitrogens is 1. The number of nitriles is 1. The molecule has 1 aromatic heterocycles. The van der Waals surface area contributed by atoms with E-state index in [-0.39, 0.29) is 17.7 Å². The molecule has 2 aromatic rings. The average molecular weight is 408 g/mol. The number of carbonyl (C=O) groups excluding carboxylic acids is 1. The van der Waals surface area contributed by atoms with Crippen molar-refractivity contribution < 1.29 is 9.53 Å². The van der Waals surface area contributed by atoms with E-state index in [0.29, 0.717) is 19.4 Å². The topological polar surface area (TPSA) is 75.3 Å². The normalized spacial score (nSPS) is 20.4. The first-order valence-electron chi connectivity index (χ1n) is 10.2. The number of benzene rings is 1. The van der Waals surface area contributed by atoms with Crippen molar-refractivity contribution >= 4 is 6.09 Å². The van der Waals surface area contributed by atoms with Crippen LogP contribution in [-0.2, 0) is 11.8 Å². The smallest absolute Gasteiger partial charge is 0.410 e. The van der Waals surface area contributed by atoms with Crippen LogP contribution in [0.4, 0.5) is 4.79 Å². The van der Waals surface area contributed by atoms with Gasteiger partial charge >= 0.3 is 6.09 Å². The summed E-state index contributed by atoms with van der Waals surface area (Å²) in [7, 11) is 1.72. The van der Waals surface area contributed by atoms with Crippen molar-refractivity contribution in [3.63, 3.8) is 0 Å². The summed E-state index contributed by atoms with van der Waals surface area (Å²) in [6.07, 6.45) is 2.60. The molecule has 0 bridgehead atoms. The van der Waals surface area contributed by atoms with Crippen molar-refractivity contribution in [2.24, 2.45) is 12.5 Å². The first kappa shape index (κ1) is 21.6. The van der Waals surface area contributed by atoms with Gasteiger partial charge in [-0.25, -0.2) is 4.79 Å². The Bertz CT molecular complexity index is 1030. The zero-order valence-corrected chi connectivity index (χ0v) is 18.3. The Hall–Kier alpha value is -3.07. The number of rotatable bonds is 5. The van der Waals surface area contributed by atoms with Crippen LogP contribution in [0.2, 0.25) is 0 Å². The van der Waals surface area contributed by atoms with Gasteiger partial charge in [0.25, 0.3) is 5.56 Å². The van der Waals surface area contributed by atoms with Crippen molar-refractivity contribution in [3.8, 4) is 17.2 Å². The molecule has 0 spiro atoms. The van der Waals surface area contributed by atoms with Crippen LogP contribution < -0.4 is 5.56 Å². The molecular weight excluding hydrogens is 378 g/mol. The van der Waals surface area contributed by atoms with Crippen LogP contribution in [0.5, 0.6) is 0 Å². The third-order valence-corrected chi connectivity index (χ3v) is 5.87. The molecule has 6 heteroatoms. The molecular formula is C24H29N3O3. The molecule has 1 aliphatic heterocycles. The number of carbonyl (C=O) groups is 1. The Balaban J connectivity index is 1.72. The molecule has 1 fully saturated rings. The lowest BCUT2D eigenvalue weighted by Crippen LogP contribution is -2.50. The first-order valence-corrected chi connectivity index (χ1v) is 10.2. The standard InChI is InChI=1S/C24H29N3O3/c1-17(27-13-11-24(4,30-22(27)29)15-23(2,3)16-25)18-6-8-19(9-7-18)20-10-12-26(5)21(28)14-20/h6-10,12,14,17H,11,13,15H2,1-5H3/t17-,24-/m0/s1. The Morgan fingerprint density at radius 1 is 1.20 bits per heavy atom. The molecule has 1 saturated heterocycles. The fourth-order valence-corrected chi connectivity index (χ4v) is 4.08. The van der Waals surface area contributed by atoms with E-state index in [1.54, 1.807) is 24.2 Å². The highest BCUT2D eigenvalue weighted by atomic mass is 16.6. The van der Waals surface area contributed by atoms with Gasteiger partial charge in [-0.1, -0.05) is 24.3 Å². The van der Waals surface area contributed by atoms with Crippen LogP contribution in [0.15, 0.2) is 47.4 Å². The minimum absolute atomic E-state index is 0.0522. The van der Waals surface area contributed by atoms with Crippen molar-refractivity contribution in [1.29, 1.82) is 5.26 Å². The lowest BCUT2D eigenvalue weighted by atomic mass is 9.80. The number of nitrogens with zero attached hydrogens (tertiary/aromatic N) is 3. The molecule has 3 rings (SSSR count). The molecule has 0 unspecified atom stereocenters. The Morgan fingerprint density at radius 2 is 1.87 bits per heavy atom. The van der Waals surface area contributed by atoms with Gasteiger partial charge in [0.1, 0.15) is 5.60 Å². The van der Waals surface area contributed by atoms with Crippen LogP contribution in [0.25, 0.3) is 11.1 Å². The summed E-state index contributed by atoms with van der Waals surface area (Å²) in [4.78, 5) is 26.3. The van der Waals surface area contributed by atoms with E-state index in [1.165, 1.54) is 4.57 Å². The third-order valence-electron chi connectivity index (χ3n) is 5.87. The summed E-state index contributed by atoms with van der Waals surface area (Å²) in [5.74, 6) is 0. The van der Waals surface area contributed by atoms with Gasteiger partial charge in [0.15, 0.2) is 0 Å². The number of hydrogen-bond donors (Lipinski definition) is 0. The van der Waals surface area contributed by atoms with E-state index in [4.69, 9.17) is 4.74 Å². The quantitative estimate of drug-likeness (QED) is 0.723. The van der Waals surface area contributed by atoms with E-state index in [9.17, 15) is 14.9 Å². The van der Waals surface area contributed by atoms with Gasteiger partial charge in [-0.2, -0.15) is 5.26 Å². The lowest BCUT2D eigenvalue weighted by molar-refractivity contribution is -0.0607. The van der Waals surface area contributed by atoms with Crippen molar-refractivity contribution in [1.82, 2.24) is 9.47 Å². The molecule has 1 aliphatic rings. The van der Waals surface area contributed by atoms with E-state index in [0.717, 1.165) is 16.7 Å². The second-order valence-electron chi connectivity index (χ2n) is 9.10. The highest BCUT2D eigenvalue weighted by Crippen LogP contribution is 2.37. The summed E-state index contributed by atoms with van der Waals surface area (Å²) in [6, 6.07) is 13.6. The number of cyclic esters (lactones) is 1. The number of aryl methyl sites for hydroxylation is 1. The molecule has 158 valence electrons. The lowest BCUT2D eigenvalue weighted by Gasteiger charge is -2.43. The van der Waals surface area contributed by atoms with E-state index in [2.05, 4.69) is 6.07 Å². The zero-order valence-electron chi connectivity index (χ0n) is 18.3. The summed E-state index contributed by atoms with van der Waals surface area (Å²) < 4.78 is 7.32. The number of ether oxygens (including phenoxy) is 1. The van der Waals surface area contributed by atoms with E-state index < -0.39 is 11.0 Å². The predicted molar refractivity (Wildman–Crippen MR) is 116 cm³/mol. The number of amides is 1. The summed E-state index contributed by atoms with van der Waals surface area (Å²) in [6.45, 7) is 8.20. The SMILES string of the molecule is C[C@@H](c1ccc(-c2ccn(C)c(=O)c2)cc1)N1CC[C@@](C)(CC(C)(C)C#N)OC1=O. The van der Waals surface area contributed by atoms with Gasteiger partial charge in [0, 0.05) is 38.7 Å². The average Bonchev–Trinajstić information content (AvgIpc) is 2.69. The molecule has 1 aromatic carbocycles. The van der Waals surface area contributed by atoms with Gasteiger partial charge in [-0.3, -0.25) is 4.79 Å².